The number of nitrogens with one attached hydrogen (secondary N) is 1. The molecular formula is C23H38Cl2N8O2. The molecule has 2 aliphatic rings. The van der Waals surface area contributed by atoms with Crippen molar-refractivity contribution < 1.29 is 9.53 Å². The van der Waals surface area contributed by atoms with Gasteiger partial charge in [-0.2, -0.15) is 0 Å². The summed E-state index contributed by atoms with van der Waals surface area (Å²) in [6, 6.07) is 7.60. The Morgan fingerprint density at radius 2 is 1.29 bits per heavy atom. The molecule has 0 aliphatic carbocycles. The van der Waals surface area contributed by atoms with Crippen molar-refractivity contribution in [3.05, 3.63) is 36.7 Å². The van der Waals surface area contributed by atoms with Gasteiger partial charge in [-0.05, 0) is 45.0 Å². The summed E-state index contributed by atoms with van der Waals surface area (Å²) in [5.41, 5.74) is 12.8. The monoisotopic (exact) mass is 528 g/mol. The van der Waals surface area contributed by atoms with E-state index < -0.39 is 5.60 Å². The SMILES string of the molecule is CC(C)(C)OC(=O)N1CCN(c2ccc(N)nc2)CC1.Cl.Cl.Nc1ccc(N2CCNCC2)cn1. The molecule has 1 amide bonds. The van der Waals surface area contributed by atoms with Crippen molar-refractivity contribution in [3.63, 3.8) is 0 Å². The van der Waals surface area contributed by atoms with Crippen LogP contribution < -0.4 is 26.6 Å². The lowest BCUT2D eigenvalue weighted by Gasteiger charge is -2.36. The Bertz CT molecular complexity index is 880. The van der Waals surface area contributed by atoms with Gasteiger partial charge in [0.25, 0.3) is 0 Å². The summed E-state index contributed by atoms with van der Waals surface area (Å²) in [5.74, 6) is 1.10. The zero-order valence-corrected chi connectivity index (χ0v) is 22.3. The molecule has 0 atom stereocenters. The highest BCUT2D eigenvalue weighted by atomic mass is 35.5. The number of amides is 1. The Kier molecular flexibility index (Phi) is 12.1. The molecule has 2 aromatic heterocycles. The predicted molar refractivity (Wildman–Crippen MR) is 147 cm³/mol. The molecule has 2 aliphatic heterocycles. The molecule has 2 fully saturated rings. The van der Waals surface area contributed by atoms with Crippen molar-refractivity contribution >= 4 is 53.9 Å². The molecular weight excluding hydrogens is 491 g/mol. The van der Waals surface area contributed by atoms with Crippen molar-refractivity contribution in [3.8, 4) is 0 Å². The number of aromatic nitrogens is 2. The first-order chi connectivity index (χ1) is 15.7. The number of anilines is 4. The van der Waals surface area contributed by atoms with Crippen molar-refractivity contribution in [1.29, 1.82) is 0 Å². The number of piperazine rings is 2. The van der Waals surface area contributed by atoms with E-state index in [9.17, 15) is 4.79 Å². The van der Waals surface area contributed by atoms with Crippen LogP contribution in [0.25, 0.3) is 0 Å². The predicted octanol–water partition coefficient (Wildman–Crippen LogP) is 2.64. The summed E-state index contributed by atoms with van der Waals surface area (Å²) in [7, 11) is 0. The van der Waals surface area contributed by atoms with E-state index in [1.54, 1.807) is 17.2 Å². The van der Waals surface area contributed by atoms with Crippen molar-refractivity contribution in [2.75, 3.05) is 73.6 Å². The van der Waals surface area contributed by atoms with Gasteiger partial charge in [0.05, 0.1) is 23.8 Å². The number of rotatable bonds is 2. The second-order valence-electron chi connectivity index (χ2n) is 9.07. The minimum atomic E-state index is -0.449. The number of nitrogens with two attached hydrogens (primary N) is 2. The highest BCUT2D eigenvalue weighted by Gasteiger charge is 2.25. The fourth-order valence-corrected chi connectivity index (χ4v) is 3.57. The number of halogens is 2. The Balaban J connectivity index is 0.000000356. The molecule has 2 saturated heterocycles. The fourth-order valence-electron chi connectivity index (χ4n) is 3.57. The highest BCUT2D eigenvalue weighted by molar-refractivity contribution is 5.85. The van der Waals surface area contributed by atoms with E-state index in [0.717, 1.165) is 50.6 Å². The van der Waals surface area contributed by atoms with Gasteiger partial charge >= 0.3 is 6.09 Å². The average molecular weight is 530 g/mol. The maximum Gasteiger partial charge on any atom is 0.410 e. The van der Waals surface area contributed by atoms with Crippen LogP contribution in [0, 0.1) is 0 Å². The van der Waals surface area contributed by atoms with Gasteiger partial charge in [-0.1, -0.05) is 0 Å². The Hall–Kier alpha value is -2.69. The third-order valence-corrected chi connectivity index (χ3v) is 5.32. The minimum absolute atomic E-state index is 0. The lowest BCUT2D eigenvalue weighted by molar-refractivity contribution is 0.0240. The summed E-state index contributed by atoms with van der Waals surface area (Å²) in [5, 5.41) is 3.31. The number of ether oxygens (including phenoxy) is 1. The van der Waals surface area contributed by atoms with Crippen molar-refractivity contribution in [1.82, 2.24) is 20.2 Å². The number of carbonyl (C=O) groups excluding carboxylic acids is 1. The van der Waals surface area contributed by atoms with E-state index >= 15 is 0 Å². The molecule has 4 heterocycles. The van der Waals surface area contributed by atoms with E-state index in [1.165, 1.54) is 0 Å². The van der Waals surface area contributed by atoms with Gasteiger partial charge < -0.3 is 36.2 Å². The molecule has 0 aromatic carbocycles. The van der Waals surface area contributed by atoms with Gasteiger partial charge in [0.2, 0.25) is 0 Å². The first-order valence-electron chi connectivity index (χ1n) is 11.3. The molecule has 10 nitrogen and oxygen atoms in total. The Morgan fingerprint density at radius 1 is 0.829 bits per heavy atom. The van der Waals surface area contributed by atoms with Crippen LogP contribution in [0.2, 0.25) is 0 Å². The van der Waals surface area contributed by atoms with E-state index in [2.05, 4.69) is 25.1 Å². The number of nitrogen functional groups attached to an aromatic ring is 2. The quantitative estimate of drug-likeness (QED) is 0.538. The van der Waals surface area contributed by atoms with E-state index in [1.807, 2.05) is 45.2 Å². The molecule has 0 radical (unpaired) electrons. The summed E-state index contributed by atoms with van der Waals surface area (Å²) in [6.07, 6.45) is 3.35. The molecule has 35 heavy (non-hydrogen) atoms. The van der Waals surface area contributed by atoms with E-state index in [0.29, 0.717) is 24.7 Å². The molecule has 0 bridgehead atoms. The largest absolute Gasteiger partial charge is 0.444 e. The van der Waals surface area contributed by atoms with Crippen LogP contribution in [-0.2, 0) is 4.74 Å². The Morgan fingerprint density at radius 3 is 1.69 bits per heavy atom. The molecule has 5 N–H and O–H groups in total. The summed E-state index contributed by atoms with van der Waals surface area (Å²) < 4.78 is 5.37. The number of carbonyl (C=O) groups is 1. The summed E-state index contributed by atoms with van der Waals surface area (Å²) >= 11 is 0. The van der Waals surface area contributed by atoms with Gasteiger partial charge in [-0.3, -0.25) is 0 Å². The lowest BCUT2D eigenvalue weighted by atomic mass is 10.2. The van der Waals surface area contributed by atoms with Crippen LogP contribution in [0.3, 0.4) is 0 Å². The molecule has 0 spiro atoms. The minimum Gasteiger partial charge on any atom is -0.444 e. The van der Waals surface area contributed by atoms with Crippen LogP contribution in [-0.4, -0.2) is 78.9 Å². The second kappa shape index (κ2) is 14.0. The van der Waals surface area contributed by atoms with Crippen LogP contribution in [0.15, 0.2) is 36.7 Å². The highest BCUT2D eigenvalue weighted by Crippen LogP contribution is 2.18. The van der Waals surface area contributed by atoms with E-state index in [-0.39, 0.29) is 30.9 Å². The van der Waals surface area contributed by atoms with Crippen molar-refractivity contribution in [2.45, 2.75) is 26.4 Å². The number of nitrogens with zero attached hydrogens (tertiary/aromatic N) is 5. The van der Waals surface area contributed by atoms with Gasteiger partial charge in [0.15, 0.2) is 0 Å². The van der Waals surface area contributed by atoms with Crippen LogP contribution in [0.4, 0.5) is 27.8 Å². The van der Waals surface area contributed by atoms with Crippen molar-refractivity contribution in [2.24, 2.45) is 0 Å². The zero-order chi connectivity index (χ0) is 23.8. The van der Waals surface area contributed by atoms with Crippen LogP contribution >= 0.6 is 24.8 Å². The normalized spacial score (nSPS) is 15.7. The number of hydrogen-bond donors (Lipinski definition) is 3. The third kappa shape index (κ3) is 9.83. The molecule has 12 heteroatoms. The average Bonchev–Trinajstić information content (AvgIpc) is 2.80. The zero-order valence-electron chi connectivity index (χ0n) is 20.6. The first kappa shape index (κ1) is 30.3. The van der Waals surface area contributed by atoms with Crippen LogP contribution in [0.1, 0.15) is 20.8 Å². The topological polar surface area (TPSA) is 126 Å². The first-order valence-corrected chi connectivity index (χ1v) is 11.3. The fraction of sp³-hybridized carbons (Fsp3) is 0.522. The van der Waals surface area contributed by atoms with Gasteiger partial charge in [0, 0.05) is 52.4 Å². The van der Waals surface area contributed by atoms with Gasteiger partial charge in [-0.15, -0.1) is 24.8 Å². The van der Waals surface area contributed by atoms with E-state index in [4.69, 9.17) is 16.2 Å². The summed E-state index contributed by atoms with van der Waals surface area (Å²) in [6.45, 7) is 12.7. The number of hydrogen-bond acceptors (Lipinski definition) is 9. The molecule has 2 aromatic rings. The molecule has 0 unspecified atom stereocenters. The number of pyridine rings is 2. The summed E-state index contributed by atoms with van der Waals surface area (Å²) in [4.78, 5) is 26.4. The van der Waals surface area contributed by atoms with Crippen LogP contribution in [0.5, 0.6) is 0 Å². The Labute approximate surface area is 220 Å². The van der Waals surface area contributed by atoms with Gasteiger partial charge in [0.1, 0.15) is 17.2 Å². The maximum atomic E-state index is 12.0. The smallest absolute Gasteiger partial charge is 0.410 e. The lowest BCUT2D eigenvalue weighted by Crippen LogP contribution is -2.50. The molecule has 0 saturated carbocycles. The molecule has 196 valence electrons. The standard InChI is InChI=1S/C14H22N4O2.C9H14N4.2ClH/c1-14(2,3)20-13(19)18-8-6-17(7-9-18)11-4-5-12(15)16-10-11;10-9-2-1-8(7-12-9)13-5-3-11-4-6-13;;/h4-5,10H,6-9H2,1-3H3,(H2,15,16);1-2,7,11H,3-6H2,(H2,10,12);2*1H. The second-order valence-corrected chi connectivity index (χ2v) is 9.07. The third-order valence-electron chi connectivity index (χ3n) is 5.32. The maximum absolute atomic E-state index is 12.0. The molecule has 4 rings (SSSR count). The van der Waals surface area contributed by atoms with Gasteiger partial charge in [-0.25, -0.2) is 14.8 Å².